The number of nitrogens with zero attached hydrogens (tertiary/aromatic N) is 3. The van der Waals surface area contributed by atoms with Crippen molar-refractivity contribution < 1.29 is 19.2 Å². The highest BCUT2D eigenvalue weighted by Crippen LogP contribution is 2.49. The quantitative estimate of drug-likeness (QED) is 0.467. The predicted molar refractivity (Wildman–Crippen MR) is 155 cm³/mol. The number of hydrogen-bond acceptors (Lipinski definition) is 5. The van der Waals surface area contributed by atoms with Crippen molar-refractivity contribution in [2.75, 3.05) is 17.2 Å². The van der Waals surface area contributed by atoms with E-state index >= 15 is 0 Å². The Bertz CT molecular complexity index is 1700. The maximum Gasteiger partial charge on any atom is 0.328 e. The second-order valence-electron chi connectivity index (χ2n) is 12.3. The van der Waals surface area contributed by atoms with Gasteiger partial charge in [-0.05, 0) is 79.0 Å². The lowest BCUT2D eigenvalue weighted by Gasteiger charge is -2.32. The lowest BCUT2D eigenvalue weighted by Crippen LogP contribution is -2.48. The van der Waals surface area contributed by atoms with Crippen molar-refractivity contribution in [3.63, 3.8) is 0 Å². The zero-order valence-electron chi connectivity index (χ0n) is 23.2. The number of benzene rings is 2. The van der Waals surface area contributed by atoms with E-state index in [-0.39, 0.29) is 36.3 Å². The number of aryl methyl sites for hydroxylation is 1. The van der Waals surface area contributed by atoms with Gasteiger partial charge in [-0.25, -0.2) is 9.78 Å². The van der Waals surface area contributed by atoms with Crippen LogP contribution in [-0.2, 0) is 44.6 Å². The van der Waals surface area contributed by atoms with E-state index in [1.165, 1.54) is 9.80 Å². The summed E-state index contributed by atoms with van der Waals surface area (Å²) in [4.78, 5) is 61.9. The van der Waals surface area contributed by atoms with Crippen LogP contribution >= 0.6 is 0 Å². The van der Waals surface area contributed by atoms with Gasteiger partial charge in [-0.1, -0.05) is 49.2 Å². The van der Waals surface area contributed by atoms with Gasteiger partial charge >= 0.3 is 6.03 Å². The number of amides is 5. The topological polar surface area (TPSA) is 112 Å². The van der Waals surface area contributed by atoms with Crippen LogP contribution in [0, 0.1) is 0 Å². The fraction of sp³-hybridized carbons (Fsp3) is 0.364. The van der Waals surface area contributed by atoms with Gasteiger partial charge in [0.2, 0.25) is 11.8 Å². The molecule has 8 rings (SSSR count). The minimum Gasteiger partial charge on any atom is -0.325 e. The molecule has 0 bridgehead atoms. The molecule has 3 aromatic rings. The van der Waals surface area contributed by atoms with Gasteiger partial charge in [-0.2, -0.15) is 0 Å². The van der Waals surface area contributed by atoms with Crippen molar-refractivity contribution in [2.24, 2.45) is 0 Å². The average Bonchev–Trinajstić information content (AvgIpc) is 3.80. The molecule has 9 nitrogen and oxygen atoms in total. The average molecular weight is 562 g/mol. The van der Waals surface area contributed by atoms with Crippen molar-refractivity contribution in [1.29, 1.82) is 0 Å². The number of carbonyl (C=O) groups is 4. The van der Waals surface area contributed by atoms with Gasteiger partial charge in [0.1, 0.15) is 12.4 Å². The Morgan fingerprint density at radius 2 is 1.74 bits per heavy atom. The molecule has 42 heavy (non-hydrogen) atoms. The summed E-state index contributed by atoms with van der Waals surface area (Å²) >= 11 is 0. The van der Waals surface area contributed by atoms with Gasteiger partial charge in [-0.15, -0.1) is 0 Å². The Labute approximate surface area is 243 Å². The van der Waals surface area contributed by atoms with E-state index in [4.69, 9.17) is 0 Å². The summed E-state index contributed by atoms with van der Waals surface area (Å²) in [6.45, 7) is -0.218. The van der Waals surface area contributed by atoms with Crippen LogP contribution in [0.1, 0.15) is 59.9 Å². The van der Waals surface area contributed by atoms with Crippen LogP contribution in [0.4, 0.5) is 16.3 Å². The van der Waals surface area contributed by atoms with Crippen LogP contribution in [0.3, 0.4) is 0 Å². The van der Waals surface area contributed by atoms with Gasteiger partial charge in [0.05, 0.1) is 5.41 Å². The van der Waals surface area contributed by atoms with E-state index in [9.17, 15) is 19.2 Å². The molecule has 2 N–H and O–H groups in total. The fourth-order valence-electron chi connectivity index (χ4n) is 8.17. The lowest BCUT2D eigenvalue weighted by molar-refractivity contribution is -0.135. The summed E-state index contributed by atoms with van der Waals surface area (Å²) < 4.78 is 0. The molecule has 2 atom stereocenters. The number of pyridine rings is 1. The fourth-order valence-corrected chi connectivity index (χ4v) is 8.17. The first-order chi connectivity index (χ1) is 20.4. The Morgan fingerprint density at radius 1 is 0.952 bits per heavy atom. The van der Waals surface area contributed by atoms with E-state index in [1.807, 2.05) is 54.6 Å². The van der Waals surface area contributed by atoms with Crippen molar-refractivity contribution in [1.82, 2.24) is 14.8 Å². The predicted octanol–water partition coefficient (Wildman–Crippen LogP) is 4.06. The third-order valence-electron chi connectivity index (χ3n) is 10.1. The Balaban J connectivity index is 1.06. The summed E-state index contributed by atoms with van der Waals surface area (Å²) in [6.07, 6.45) is 7.54. The number of hydrogen-bond donors (Lipinski definition) is 2. The second kappa shape index (κ2) is 8.98. The zero-order chi connectivity index (χ0) is 28.6. The highest BCUT2D eigenvalue weighted by Gasteiger charge is 2.62. The molecule has 1 saturated heterocycles. The van der Waals surface area contributed by atoms with Crippen LogP contribution in [0.2, 0.25) is 0 Å². The molecule has 5 amide bonds. The van der Waals surface area contributed by atoms with Crippen LogP contribution in [0.15, 0.2) is 60.8 Å². The lowest BCUT2D eigenvalue weighted by atomic mass is 9.79. The Hall–Kier alpha value is -4.53. The van der Waals surface area contributed by atoms with Crippen LogP contribution in [0.5, 0.6) is 0 Å². The largest absolute Gasteiger partial charge is 0.328 e. The summed E-state index contributed by atoms with van der Waals surface area (Å²) in [5, 5.41) is 5.91. The number of carbonyl (C=O) groups excluding carboxylic acids is 4. The summed E-state index contributed by atoms with van der Waals surface area (Å²) in [5.41, 5.74) is 3.63. The van der Waals surface area contributed by atoms with Gasteiger partial charge in [0.25, 0.3) is 5.91 Å². The number of anilines is 2. The van der Waals surface area contributed by atoms with Crippen LogP contribution < -0.4 is 10.6 Å². The van der Waals surface area contributed by atoms with Gasteiger partial charge in [-0.3, -0.25) is 24.2 Å². The zero-order valence-corrected chi connectivity index (χ0v) is 23.2. The third kappa shape index (κ3) is 3.39. The molecule has 5 aliphatic rings. The number of urea groups is 1. The van der Waals surface area contributed by atoms with Crippen LogP contribution in [0.25, 0.3) is 0 Å². The Morgan fingerprint density at radius 3 is 2.60 bits per heavy atom. The first-order valence-electron chi connectivity index (χ1n) is 14.8. The minimum atomic E-state index is -1.14. The van der Waals surface area contributed by atoms with Gasteiger partial charge in [0, 0.05) is 23.5 Å². The molecule has 2 fully saturated rings. The summed E-state index contributed by atoms with van der Waals surface area (Å²) in [6, 6.07) is 16.8. The minimum absolute atomic E-state index is 0.0517. The normalized spacial score (nSPS) is 25.9. The molecule has 1 unspecified atom stereocenters. The van der Waals surface area contributed by atoms with E-state index < -0.39 is 11.0 Å². The standard InChI is InChI=1S/C33H31N5O4/c39-27(35-23-12-11-21-17-32(18-22(21)16-23)26-10-5-15-34-28(26)36-29(32)40)19-37-31(42)38(24-7-2-3-8-24)30(41)33(37)14-13-20-6-1-4-9-25(20)33/h1,4-6,9-12,15-16,24H,2-3,7-8,13-14,17-19H2,(H,35,39)(H,34,36,40)/t32-,33?/m1/s1. The monoisotopic (exact) mass is 561 g/mol. The molecule has 2 aromatic carbocycles. The van der Waals surface area contributed by atoms with Gasteiger partial charge < -0.3 is 10.6 Å². The van der Waals surface area contributed by atoms with Gasteiger partial charge in [0.15, 0.2) is 5.54 Å². The first-order valence-corrected chi connectivity index (χ1v) is 14.8. The first kappa shape index (κ1) is 25.2. The number of fused-ring (bicyclic) bond motifs is 5. The number of aromatic nitrogens is 1. The van der Waals surface area contributed by atoms with Crippen LogP contribution in [-0.4, -0.2) is 51.1 Å². The van der Waals surface area contributed by atoms with Crippen molar-refractivity contribution in [2.45, 2.75) is 68.4 Å². The molecule has 1 saturated carbocycles. The highest BCUT2D eigenvalue weighted by atomic mass is 16.2. The molecular formula is C33H31N5O4. The molecule has 0 radical (unpaired) electrons. The number of rotatable bonds is 4. The summed E-state index contributed by atoms with van der Waals surface area (Å²) in [7, 11) is 0. The molecule has 3 aliphatic carbocycles. The highest BCUT2D eigenvalue weighted by molar-refractivity contribution is 6.10. The molecule has 2 spiro atoms. The SMILES string of the molecule is O=C(CN1C(=O)N(C2CCCC2)C(=O)C12CCc1ccccc12)Nc1ccc2c(c1)C[C@@]1(C2)C(=O)Nc2ncccc21. The Kier molecular flexibility index (Phi) is 5.39. The third-order valence-corrected chi connectivity index (χ3v) is 10.1. The summed E-state index contributed by atoms with van der Waals surface area (Å²) in [5.74, 6) is 0.0189. The number of nitrogens with one attached hydrogen (secondary N) is 2. The molecule has 212 valence electrons. The number of imide groups is 1. The molecule has 2 aliphatic heterocycles. The van der Waals surface area contributed by atoms with Crippen molar-refractivity contribution in [3.05, 3.63) is 88.6 Å². The molecule has 1 aromatic heterocycles. The van der Waals surface area contributed by atoms with E-state index in [0.29, 0.717) is 37.2 Å². The molecule has 3 heterocycles. The second-order valence-corrected chi connectivity index (χ2v) is 12.3. The maximum absolute atomic E-state index is 14.1. The maximum atomic E-state index is 14.1. The van der Waals surface area contributed by atoms with Crippen molar-refractivity contribution >= 4 is 35.3 Å². The van der Waals surface area contributed by atoms with Crippen molar-refractivity contribution in [3.8, 4) is 0 Å². The van der Waals surface area contributed by atoms with E-state index in [0.717, 1.165) is 53.5 Å². The van der Waals surface area contributed by atoms with E-state index in [1.54, 1.807) is 6.20 Å². The molecular weight excluding hydrogens is 530 g/mol. The molecule has 9 heteroatoms. The van der Waals surface area contributed by atoms with E-state index in [2.05, 4.69) is 15.6 Å². The smallest absolute Gasteiger partial charge is 0.325 e.